The number of hydrogen-bond acceptors (Lipinski definition) is 5. The summed E-state index contributed by atoms with van der Waals surface area (Å²) in [6.45, 7) is 2.29. The van der Waals surface area contributed by atoms with Crippen molar-refractivity contribution in [1.29, 1.82) is 5.26 Å². The van der Waals surface area contributed by atoms with E-state index in [1.807, 2.05) is 19.1 Å². The number of hydrogen-bond donors (Lipinski definition) is 2. The van der Waals surface area contributed by atoms with Crippen LogP contribution in [0.15, 0.2) is 36.4 Å². The minimum Gasteiger partial charge on any atom is -0.326 e. The van der Waals surface area contributed by atoms with Crippen LogP contribution in [0.25, 0.3) is 0 Å². The van der Waals surface area contributed by atoms with Crippen molar-refractivity contribution in [3.05, 3.63) is 58.1 Å². The van der Waals surface area contributed by atoms with Gasteiger partial charge in [-0.05, 0) is 73.4 Å². The molecule has 2 aliphatic carbocycles. The quantitative estimate of drug-likeness (QED) is 0.429. The van der Waals surface area contributed by atoms with Gasteiger partial charge in [0.1, 0.15) is 6.07 Å². The maximum atomic E-state index is 13.5. The highest BCUT2D eigenvalue weighted by molar-refractivity contribution is 6.32. The molecule has 2 N–H and O–H groups in total. The summed E-state index contributed by atoms with van der Waals surface area (Å²) in [5.74, 6) is -0.709. The SMILES string of the molecule is CC(CC(=O)Nc1ccc(C#N)c(Cl)c1)CC(=O)Nc1ccc2c(c1)C(=O)N(CC1CC1)C(=O)C21CCCC1. The standard InChI is InChI=1S/C30H31ClN4O4/c1-18(13-27(37)34-22-7-6-20(16-32)25(31)15-22)12-26(36)33-21-8-9-24-23(14-21)28(38)35(17-19-4-5-19)29(39)30(24)10-2-3-11-30/h6-9,14-15,18-19H,2-5,10-13,17H2,1H3,(H,33,36)(H,34,37). The first kappa shape index (κ1) is 26.9. The number of anilines is 2. The zero-order valence-corrected chi connectivity index (χ0v) is 22.6. The van der Waals surface area contributed by atoms with E-state index in [1.54, 1.807) is 18.2 Å². The molecule has 2 aromatic rings. The average Bonchev–Trinajstić information content (AvgIpc) is 3.58. The number of carbonyl (C=O) groups is 4. The summed E-state index contributed by atoms with van der Waals surface area (Å²) < 4.78 is 0. The van der Waals surface area contributed by atoms with Gasteiger partial charge in [-0.1, -0.05) is 37.4 Å². The van der Waals surface area contributed by atoms with Crippen molar-refractivity contribution >= 4 is 46.6 Å². The third kappa shape index (κ3) is 5.55. The number of amides is 4. The summed E-state index contributed by atoms with van der Waals surface area (Å²) in [6.07, 6.45) is 5.73. The Hall–Kier alpha value is -3.70. The van der Waals surface area contributed by atoms with E-state index in [-0.39, 0.29) is 47.4 Å². The molecule has 8 nitrogen and oxygen atoms in total. The van der Waals surface area contributed by atoms with Crippen LogP contribution in [0.1, 0.15) is 79.8 Å². The van der Waals surface area contributed by atoms with E-state index >= 15 is 0 Å². The van der Waals surface area contributed by atoms with E-state index in [0.717, 1.165) is 44.1 Å². The van der Waals surface area contributed by atoms with Crippen molar-refractivity contribution in [2.24, 2.45) is 11.8 Å². The molecule has 0 radical (unpaired) electrons. The average molecular weight is 547 g/mol. The Morgan fingerprint density at radius 1 is 1.05 bits per heavy atom. The Bertz CT molecular complexity index is 1390. The summed E-state index contributed by atoms with van der Waals surface area (Å²) in [5, 5.41) is 14.9. The van der Waals surface area contributed by atoms with Crippen molar-refractivity contribution in [2.75, 3.05) is 17.2 Å². The fourth-order valence-corrected chi connectivity index (χ4v) is 6.05. The van der Waals surface area contributed by atoms with Crippen molar-refractivity contribution < 1.29 is 19.2 Å². The van der Waals surface area contributed by atoms with Gasteiger partial charge >= 0.3 is 0 Å². The van der Waals surface area contributed by atoms with E-state index in [2.05, 4.69) is 10.6 Å². The zero-order valence-electron chi connectivity index (χ0n) is 21.9. The molecule has 202 valence electrons. The van der Waals surface area contributed by atoms with E-state index in [0.29, 0.717) is 35.0 Å². The van der Waals surface area contributed by atoms with E-state index < -0.39 is 5.41 Å². The van der Waals surface area contributed by atoms with Gasteiger partial charge in [-0.15, -0.1) is 0 Å². The predicted molar refractivity (Wildman–Crippen MR) is 147 cm³/mol. The Balaban J connectivity index is 1.23. The van der Waals surface area contributed by atoms with Crippen LogP contribution in [0, 0.1) is 23.2 Å². The van der Waals surface area contributed by atoms with Gasteiger partial charge in [-0.3, -0.25) is 24.1 Å². The zero-order chi connectivity index (χ0) is 27.7. The molecule has 1 spiro atoms. The van der Waals surface area contributed by atoms with Crippen LogP contribution in [0.4, 0.5) is 11.4 Å². The van der Waals surface area contributed by atoms with Gasteiger partial charge in [0, 0.05) is 36.3 Å². The van der Waals surface area contributed by atoms with Crippen LogP contribution in [0.3, 0.4) is 0 Å². The lowest BCUT2D eigenvalue weighted by atomic mass is 9.72. The smallest absolute Gasteiger partial charge is 0.260 e. The van der Waals surface area contributed by atoms with Gasteiger partial charge < -0.3 is 10.6 Å². The lowest BCUT2D eigenvalue weighted by Gasteiger charge is -2.40. The number of nitrogens with one attached hydrogen (secondary N) is 2. The second-order valence-electron chi connectivity index (χ2n) is 11.1. The summed E-state index contributed by atoms with van der Waals surface area (Å²) in [7, 11) is 0. The number of halogens is 1. The van der Waals surface area contributed by atoms with Crippen LogP contribution in [-0.4, -0.2) is 35.1 Å². The first-order valence-electron chi connectivity index (χ1n) is 13.5. The Kier molecular flexibility index (Phi) is 7.46. The topological polar surface area (TPSA) is 119 Å². The Morgan fingerprint density at radius 3 is 2.26 bits per heavy atom. The van der Waals surface area contributed by atoms with Gasteiger partial charge in [0.15, 0.2) is 0 Å². The molecule has 1 unspecified atom stereocenters. The van der Waals surface area contributed by atoms with Gasteiger partial charge in [-0.25, -0.2) is 0 Å². The monoisotopic (exact) mass is 546 g/mol. The summed E-state index contributed by atoms with van der Waals surface area (Å²) >= 11 is 6.03. The fraction of sp³-hybridized carbons (Fsp3) is 0.433. The van der Waals surface area contributed by atoms with Crippen LogP contribution in [0.5, 0.6) is 0 Å². The molecule has 3 aliphatic rings. The van der Waals surface area contributed by atoms with E-state index in [4.69, 9.17) is 16.9 Å². The first-order chi connectivity index (χ1) is 18.7. The van der Waals surface area contributed by atoms with Gasteiger partial charge in [-0.2, -0.15) is 5.26 Å². The molecule has 5 rings (SSSR count). The molecule has 0 aromatic heterocycles. The number of imide groups is 1. The summed E-state index contributed by atoms with van der Waals surface area (Å²) in [4.78, 5) is 53.6. The van der Waals surface area contributed by atoms with Gasteiger partial charge in [0.25, 0.3) is 5.91 Å². The highest BCUT2D eigenvalue weighted by atomic mass is 35.5. The number of nitriles is 1. The molecule has 0 saturated heterocycles. The van der Waals surface area contributed by atoms with E-state index in [1.165, 1.54) is 17.0 Å². The van der Waals surface area contributed by atoms with Crippen molar-refractivity contribution in [2.45, 2.75) is 63.7 Å². The molecule has 9 heteroatoms. The van der Waals surface area contributed by atoms with Crippen LogP contribution in [-0.2, 0) is 19.8 Å². The Morgan fingerprint density at radius 2 is 1.67 bits per heavy atom. The van der Waals surface area contributed by atoms with Crippen LogP contribution in [0.2, 0.25) is 5.02 Å². The van der Waals surface area contributed by atoms with Crippen LogP contribution < -0.4 is 10.6 Å². The minimum atomic E-state index is -0.637. The largest absolute Gasteiger partial charge is 0.326 e. The number of nitrogens with zero attached hydrogens (tertiary/aromatic N) is 2. The lowest BCUT2D eigenvalue weighted by molar-refractivity contribution is -0.135. The molecule has 2 saturated carbocycles. The number of carbonyl (C=O) groups excluding carboxylic acids is 4. The van der Waals surface area contributed by atoms with Crippen molar-refractivity contribution in [3.8, 4) is 6.07 Å². The normalized spacial score (nSPS) is 18.4. The third-order valence-electron chi connectivity index (χ3n) is 7.98. The third-order valence-corrected chi connectivity index (χ3v) is 8.30. The van der Waals surface area contributed by atoms with Crippen molar-refractivity contribution in [3.63, 3.8) is 0 Å². The van der Waals surface area contributed by atoms with Crippen LogP contribution >= 0.6 is 11.6 Å². The maximum Gasteiger partial charge on any atom is 0.260 e. The molecular weight excluding hydrogens is 516 g/mol. The molecule has 2 aromatic carbocycles. The van der Waals surface area contributed by atoms with E-state index in [9.17, 15) is 19.2 Å². The van der Waals surface area contributed by atoms with Gasteiger partial charge in [0.2, 0.25) is 17.7 Å². The molecule has 1 heterocycles. The highest BCUT2D eigenvalue weighted by Crippen LogP contribution is 2.48. The number of fused-ring (bicyclic) bond motifs is 2. The van der Waals surface area contributed by atoms with Gasteiger partial charge in [0.05, 0.1) is 16.0 Å². The highest BCUT2D eigenvalue weighted by Gasteiger charge is 2.52. The minimum absolute atomic E-state index is 0.0587. The molecular formula is C30H31ClN4O4. The lowest BCUT2D eigenvalue weighted by Crippen LogP contribution is -2.53. The first-order valence-corrected chi connectivity index (χ1v) is 13.9. The molecule has 4 amide bonds. The fourth-order valence-electron chi connectivity index (χ4n) is 5.83. The number of rotatable bonds is 8. The molecule has 1 aliphatic heterocycles. The predicted octanol–water partition coefficient (Wildman–Crippen LogP) is 5.41. The molecule has 2 fully saturated rings. The second-order valence-corrected chi connectivity index (χ2v) is 11.5. The Labute approximate surface area is 232 Å². The number of benzene rings is 2. The van der Waals surface area contributed by atoms with Crippen molar-refractivity contribution in [1.82, 2.24) is 4.90 Å². The molecule has 39 heavy (non-hydrogen) atoms. The maximum absolute atomic E-state index is 13.5. The summed E-state index contributed by atoms with van der Waals surface area (Å²) in [5.41, 5.74) is 1.96. The molecule has 0 bridgehead atoms. The second kappa shape index (κ2) is 10.8. The molecule has 1 atom stereocenters. The summed E-state index contributed by atoms with van der Waals surface area (Å²) in [6, 6.07) is 11.9.